The van der Waals surface area contributed by atoms with Crippen LogP contribution in [0.25, 0.3) is 0 Å². The number of aromatic nitrogens is 2. The first-order valence-corrected chi connectivity index (χ1v) is 10.9. The molecule has 0 spiro atoms. The van der Waals surface area contributed by atoms with Crippen LogP contribution in [0.15, 0.2) is 48.5 Å². The van der Waals surface area contributed by atoms with Gasteiger partial charge in [-0.1, -0.05) is 12.1 Å². The van der Waals surface area contributed by atoms with E-state index in [0.717, 1.165) is 58.8 Å². The predicted octanol–water partition coefficient (Wildman–Crippen LogP) is 4.63. The van der Waals surface area contributed by atoms with Crippen molar-refractivity contribution < 1.29 is 9.53 Å². The summed E-state index contributed by atoms with van der Waals surface area (Å²) in [6.45, 7) is 5.97. The summed E-state index contributed by atoms with van der Waals surface area (Å²) in [7, 11) is 1.64. The number of carbonyl (C=O) groups excluding carboxylic acids is 1. The molecular weight excluding hydrogens is 402 g/mol. The minimum atomic E-state index is -0.0584. The highest BCUT2D eigenvalue weighted by Crippen LogP contribution is 2.24. The van der Waals surface area contributed by atoms with Crippen LogP contribution >= 0.6 is 0 Å². The Morgan fingerprint density at radius 2 is 1.72 bits per heavy atom. The highest BCUT2D eigenvalue weighted by atomic mass is 16.5. The molecule has 4 rings (SSSR count). The molecule has 0 radical (unpaired) electrons. The Balaban J connectivity index is 1.37. The van der Waals surface area contributed by atoms with Gasteiger partial charge in [-0.25, -0.2) is 9.97 Å². The van der Waals surface area contributed by atoms with E-state index >= 15 is 0 Å². The zero-order valence-corrected chi connectivity index (χ0v) is 18.8. The van der Waals surface area contributed by atoms with Crippen molar-refractivity contribution in [3.05, 3.63) is 65.5 Å². The van der Waals surface area contributed by atoms with Crippen LogP contribution in [0.5, 0.6) is 5.75 Å². The van der Waals surface area contributed by atoms with Crippen molar-refractivity contribution in [2.75, 3.05) is 35.7 Å². The molecule has 7 heteroatoms. The lowest BCUT2D eigenvalue weighted by Crippen LogP contribution is -2.19. The first kappa shape index (κ1) is 21.6. The third-order valence-corrected chi connectivity index (χ3v) is 5.52. The largest absolute Gasteiger partial charge is 0.496 e. The number of hydrogen-bond donors (Lipinski definition) is 2. The lowest BCUT2D eigenvalue weighted by Gasteiger charge is -2.18. The molecule has 1 aliphatic rings. The van der Waals surface area contributed by atoms with Crippen molar-refractivity contribution in [2.24, 2.45) is 0 Å². The normalized spacial score (nSPS) is 13.2. The number of hydrogen-bond acceptors (Lipinski definition) is 6. The fraction of sp³-hybridized carbons (Fsp3) is 0.320. The summed E-state index contributed by atoms with van der Waals surface area (Å²) in [5, 5.41) is 6.30. The van der Waals surface area contributed by atoms with Gasteiger partial charge in [0.05, 0.1) is 13.5 Å². The van der Waals surface area contributed by atoms with Gasteiger partial charge in [0.15, 0.2) is 0 Å². The van der Waals surface area contributed by atoms with Gasteiger partial charge in [0.2, 0.25) is 5.91 Å². The summed E-state index contributed by atoms with van der Waals surface area (Å²) in [5.41, 5.74) is 3.62. The molecule has 0 saturated carbocycles. The number of methoxy groups -OCH3 is 1. The Morgan fingerprint density at radius 3 is 2.41 bits per heavy atom. The Morgan fingerprint density at radius 1 is 1.00 bits per heavy atom. The number of aryl methyl sites for hydroxylation is 2. The van der Waals surface area contributed by atoms with Gasteiger partial charge in [-0.15, -0.1) is 0 Å². The Hall–Kier alpha value is -3.61. The van der Waals surface area contributed by atoms with Gasteiger partial charge < -0.3 is 20.3 Å². The summed E-state index contributed by atoms with van der Waals surface area (Å²) < 4.78 is 5.28. The fourth-order valence-corrected chi connectivity index (χ4v) is 3.95. The molecule has 1 saturated heterocycles. The molecule has 7 nitrogen and oxygen atoms in total. The van der Waals surface area contributed by atoms with E-state index in [-0.39, 0.29) is 5.91 Å². The van der Waals surface area contributed by atoms with Gasteiger partial charge in [0.1, 0.15) is 23.2 Å². The Bertz CT molecular complexity index is 1090. The van der Waals surface area contributed by atoms with Crippen molar-refractivity contribution in [3.8, 4) is 5.75 Å². The van der Waals surface area contributed by atoms with Crippen LogP contribution in [0.3, 0.4) is 0 Å². The second-order valence-electron chi connectivity index (χ2n) is 8.08. The number of nitrogens with zero attached hydrogens (tertiary/aromatic N) is 3. The lowest BCUT2D eigenvalue weighted by molar-refractivity contribution is -0.115. The molecule has 0 bridgehead atoms. The molecule has 0 unspecified atom stereocenters. The van der Waals surface area contributed by atoms with Crippen molar-refractivity contribution in [1.82, 2.24) is 9.97 Å². The average Bonchev–Trinajstić information content (AvgIpc) is 3.30. The van der Waals surface area contributed by atoms with Crippen LogP contribution in [0.2, 0.25) is 0 Å². The Labute approximate surface area is 188 Å². The maximum Gasteiger partial charge on any atom is 0.228 e. The van der Waals surface area contributed by atoms with Gasteiger partial charge in [0.25, 0.3) is 0 Å². The van der Waals surface area contributed by atoms with E-state index in [2.05, 4.69) is 25.5 Å². The maximum absolute atomic E-state index is 12.4. The molecule has 2 aromatic carbocycles. The van der Waals surface area contributed by atoms with E-state index in [4.69, 9.17) is 4.74 Å². The van der Waals surface area contributed by atoms with Crippen LogP contribution in [-0.4, -0.2) is 36.1 Å². The van der Waals surface area contributed by atoms with Crippen LogP contribution in [-0.2, 0) is 11.2 Å². The highest BCUT2D eigenvalue weighted by Gasteiger charge is 2.15. The summed E-state index contributed by atoms with van der Waals surface area (Å²) in [6, 6.07) is 15.4. The molecule has 1 aliphatic heterocycles. The van der Waals surface area contributed by atoms with Crippen LogP contribution in [0, 0.1) is 13.8 Å². The molecule has 1 aromatic heterocycles. The van der Waals surface area contributed by atoms with Crippen molar-refractivity contribution in [1.29, 1.82) is 0 Å². The molecule has 166 valence electrons. The quantitative estimate of drug-likeness (QED) is 0.568. The minimum absolute atomic E-state index is 0.0584. The number of ether oxygens (including phenoxy) is 1. The third kappa shape index (κ3) is 5.35. The second kappa shape index (κ2) is 9.68. The van der Waals surface area contributed by atoms with E-state index in [9.17, 15) is 4.79 Å². The SMILES string of the molecule is COc1ccc(CC(=O)Nc2ccc(Nc3cc(N4CCCC4)nc(C)n3)cc2)cc1C. The molecule has 1 fully saturated rings. The molecule has 2 N–H and O–H groups in total. The van der Waals surface area contributed by atoms with Crippen LogP contribution in [0.4, 0.5) is 23.0 Å². The van der Waals surface area contributed by atoms with Gasteiger partial charge >= 0.3 is 0 Å². The summed E-state index contributed by atoms with van der Waals surface area (Å²) in [6.07, 6.45) is 2.72. The van der Waals surface area contributed by atoms with Crippen molar-refractivity contribution in [3.63, 3.8) is 0 Å². The lowest BCUT2D eigenvalue weighted by atomic mass is 10.1. The summed E-state index contributed by atoms with van der Waals surface area (Å²) in [5.74, 6) is 3.25. The van der Waals surface area contributed by atoms with E-state index in [0.29, 0.717) is 6.42 Å². The third-order valence-electron chi connectivity index (χ3n) is 5.52. The zero-order valence-electron chi connectivity index (χ0n) is 18.8. The van der Waals surface area contributed by atoms with E-state index < -0.39 is 0 Å². The first-order valence-electron chi connectivity index (χ1n) is 10.9. The molecule has 1 amide bonds. The van der Waals surface area contributed by atoms with Gasteiger partial charge in [-0.3, -0.25) is 4.79 Å². The summed E-state index contributed by atoms with van der Waals surface area (Å²) >= 11 is 0. The molecule has 0 atom stereocenters. The number of benzene rings is 2. The van der Waals surface area contributed by atoms with E-state index in [1.54, 1.807) is 7.11 Å². The molecule has 32 heavy (non-hydrogen) atoms. The Kier molecular flexibility index (Phi) is 6.54. The van der Waals surface area contributed by atoms with Crippen molar-refractivity contribution >= 4 is 28.9 Å². The zero-order chi connectivity index (χ0) is 22.5. The molecule has 0 aliphatic carbocycles. The monoisotopic (exact) mass is 431 g/mol. The van der Waals surface area contributed by atoms with Crippen LogP contribution in [0.1, 0.15) is 29.8 Å². The minimum Gasteiger partial charge on any atom is -0.496 e. The predicted molar refractivity (Wildman–Crippen MR) is 128 cm³/mol. The number of carbonyl (C=O) groups is 1. The molecule has 3 aromatic rings. The maximum atomic E-state index is 12.4. The first-order chi connectivity index (χ1) is 15.5. The van der Waals surface area contributed by atoms with Gasteiger partial charge in [-0.05, 0) is 68.1 Å². The average molecular weight is 432 g/mol. The molecular formula is C25H29N5O2. The fourth-order valence-electron chi connectivity index (χ4n) is 3.95. The van der Waals surface area contributed by atoms with E-state index in [1.807, 2.05) is 62.4 Å². The number of nitrogens with one attached hydrogen (secondary N) is 2. The summed E-state index contributed by atoms with van der Waals surface area (Å²) in [4.78, 5) is 23.8. The second-order valence-corrected chi connectivity index (χ2v) is 8.08. The van der Waals surface area contributed by atoms with Crippen molar-refractivity contribution in [2.45, 2.75) is 33.1 Å². The number of amides is 1. The topological polar surface area (TPSA) is 79.4 Å². The van der Waals surface area contributed by atoms with Crippen LogP contribution < -0.4 is 20.3 Å². The molecule has 2 heterocycles. The van der Waals surface area contributed by atoms with Gasteiger partial charge in [-0.2, -0.15) is 0 Å². The number of rotatable bonds is 7. The van der Waals surface area contributed by atoms with E-state index in [1.165, 1.54) is 12.8 Å². The highest BCUT2D eigenvalue weighted by molar-refractivity contribution is 5.92. The van der Waals surface area contributed by atoms with Gasteiger partial charge in [0, 0.05) is 30.5 Å². The smallest absolute Gasteiger partial charge is 0.228 e. The standard InChI is InChI=1S/C25H29N5O2/c1-17-14-19(6-11-22(17)32-3)15-25(31)29-21-9-7-20(8-10-21)28-23-16-24(27-18(2)26-23)30-12-4-5-13-30/h6-11,14,16H,4-5,12-13,15H2,1-3H3,(H,29,31)(H,26,27,28). The number of anilines is 4.